The maximum absolute atomic E-state index is 11.7. The largest absolute Gasteiger partial charge is 0.326 e. The molecule has 0 aliphatic carbocycles. The van der Waals surface area contributed by atoms with Gasteiger partial charge in [-0.1, -0.05) is 23.4 Å². The molecule has 0 aliphatic rings. The van der Waals surface area contributed by atoms with Crippen LogP contribution >= 0.6 is 0 Å². The van der Waals surface area contributed by atoms with Gasteiger partial charge in [0.1, 0.15) is 6.54 Å². The van der Waals surface area contributed by atoms with Crippen LogP contribution in [-0.2, 0) is 17.9 Å². The van der Waals surface area contributed by atoms with Crippen molar-refractivity contribution in [2.24, 2.45) is 5.73 Å². The number of nitrogens with zero attached hydrogens (tertiary/aromatic N) is 3. The SMILES string of the molecule is NCc1ccccc1NC(=O)Cn1ccnn1. The van der Waals surface area contributed by atoms with E-state index in [2.05, 4.69) is 15.6 Å². The van der Waals surface area contributed by atoms with Crippen LogP contribution in [0, 0.1) is 0 Å². The summed E-state index contributed by atoms with van der Waals surface area (Å²) in [6.07, 6.45) is 3.16. The number of para-hydroxylation sites is 1. The van der Waals surface area contributed by atoms with Gasteiger partial charge in [0.25, 0.3) is 0 Å². The summed E-state index contributed by atoms with van der Waals surface area (Å²) < 4.78 is 1.46. The van der Waals surface area contributed by atoms with Crippen LogP contribution in [-0.4, -0.2) is 20.9 Å². The van der Waals surface area contributed by atoms with Gasteiger partial charge in [0.2, 0.25) is 5.91 Å². The third-order valence-electron chi connectivity index (χ3n) is 2.29. The number of benzene rings is 1. The molecule has 2 aromatic rings. The molecular weight excluding hydrogens is 218 g/mol. The molecule has 1 heterocycles. The highest BCUT2D eigenvalue weighted by Gasteiger charge is 2.06. The molecule has 0 unspecified atom stereocenters. The Balaban J connectivity index is 2.03. The Morgan fingerprint density at radius 1 is 1.41 bits per heavy atom. The molecule has 17 heavy (non-hydrogen) atoms. The van der Waals surface area contributed by atoms with E-state index in [9.17, 15) is 4.79 Å². The zero-order valence-corrected chi connectivity index (χ0v) is 9.21. The van der Waals surface area contributed by atoms with Crippen LogP contribution in [0.5, 0.6) is 0 Å². The second-order valence-corrected chi connectivity index (χ2v) is 3.51. The van der Waals surface area contributed by atoms with Gasteiger partial charge in [-0.25, -0.2) is 4.68 Å². The summed E-state index contributed by atoms with van der Waals surface area (Å²) in [4.78, 5) is 11.7. The summed E-state index contributed by atoms with van der Waals surface area (Å²) >= 11 is 0. The summed E-state index contributed by atoms with van der Waals surface area (Å²) in [6.45, 7) is 0.526. The zero-order chi connectivity index (χ0) is 12.1. The summed E-state index contributed by atoms with van der Waals surface area (Å²) in [6, 6.07) is 7.44. The summed E-state index contributed by atoms with van der Waals surface area (Å²) in [7, 11) is 0. The van der Waals surface area contributed by atoms with Crippen molar-refractivity contribution in [1.82, 2.24) is 15.0 Å². The molecule has 0 saturated carbocycles. The lowest BCUT2D eigenvalue weighted by Gasteiger charge is -2.09. The van der Waals surface area contributed by atoms with E-state index in [1.807, 2.05) is 24.3 Å². The van der Waals surface area contributed by atoms with Crippen molar-refractivity contribution >= 4 is 11.6 Å². The molecule has 0 fully saturated rings. The molecule has 6 heteroatoms. The molecule has 1 amide bonds. The molecule has 6 nitrogen and oxygen atoms in total. The van der Waals surface area contributed by atoms with Crippen LogP contribution in [0.25, 0.3) is 0 Å². The lowest BCUT2D eigenvalue weighted by molar-refractivity contribution is -0.116. The topological polar surface area (TPSA) is 85.8 Å². The van der Waals surface area contributed by atoms with Crippen LogP contribution in [0.15, 0.2) is 36.7 Å². The van der Waals surface area contributed by atoms with Crippen LogP contribution in [0.4, 0.5) is 5.69 Å². The van der Waals surface area contributed by atoms with Crippen molar-refractivity contribution in [2.45, 2.75) is 13.1 Å². The summed E-state index contributed by atoms with van der Waals surface area (Å²) in [5.74, 6) is -0.156. The minimum atomic E-state index is -0.156. The van der Waals surface area contributed by atoms with Crippen molar-refractivity contribution in [1.29, 1.82) is 0 Å². The fourth-order valence-corrected chi connectivity index (χ4v) is 1.47. The summed E-state index contributed by atoms with van der Waals surface area (Å²) in [5, 5.41) is 10.1. The Hall–Kier alpha value is -2.21. The first-order chi connectivity index (χ1) is 8.29. The Morgan fingerprint density at radius 2 is 2.24 bits per heavy atom. The van der Waals surface area contributed by atoms with E-state index in [4.69, 9.17) is 5.73 Å². The zero-order valence-electron chi connectivity index (χ0n) is 9.21. The number of aromatic nitrogens is 3. The van der Waals surface area contributed by atoms with Crippen LogP contribution in [0.1, 0.15) is 5.56 Å². The lowest BCUT2D eigenvalue weighted by Crippen LogP contribution is -2.20. The third-order valence-corrected chi connectivity index (χ3v) is 2.29. The molecule has 88 valence electrons. The Labute approximate surface area is 98.4 Å². The van der Waals surface area contributed by atoms with Gasteiger partial charge in [-0.3, -0.25) is 4.79 Å². The smallest absolute Gasteiger partial charge is 0.246 e. The van der Waals surface area contributed by atoms with Crippen LogP contribution in [0.2, 0.25) is 0 Å². The second-order valence-electron chi connectivity index (χ2n) is 3.51. The van der Waals surface area contributed by atoms with E-state index in [1.54, 1.807) is 6.20 Å². The Kier molecular flexibility index (Phi) is 3.46. The van der Waals surface area contributed by atoms with Gasteiger partial charge in [-0.05, 0) is 11.6 Å². The molecule has 1 aromatic heterocycles. The molecule has 2 rings (SSSR count). The first-order valence-electron chi connectivity index (χ1n) is 5.21. The lowest BCUT2D eigenvalue weighted by atomic mass is 10.2. The minimum Gasteiger partial charge on any atom is -0.326 e. The maximum Gasteiger partial charge on any atom is 0.246 e. The molecule has 0 bridgehead atoms. The number of carbonyl (C=O) groups excluding carboxylic acids is 1. The number of hydrogen-bond donors (Lipinski definition) is 2. The third kappa shape index (κ3) is 2.88. The van der Waals surface area contributed by atoms with Gasteiger partial charge < -0.3 is 11.1 Å². The fourth-order valence-electron chi connectivity index (χ4n) is 1.47. The monoisotopic (exact) mass is 231 g/mol. The first kappa shape index (κ1) is 11.3. The number of nitrogens with one attached hydrogen (secondary N) is 1. The van der Waals surface area contributed by atoms with Crippen LogP contribution in [0.3, 0.4) is 0 Å². The molecule has 3 N–H and O–H groups in total. The average Bonchev–Trinajstić information content (AvgIpc) is 2.82. The van der Waals surface area contributed by atoms with Gasteiger partial charge in [0.05, 0.1) is 6.20 Å². The highest BCUT2D eigenvalue weighted by Crippen LogP contribution is 2.13. The molecular formula is C11H13N5O. The normalized spacial score (nSPS) is 10.2. The van der Waals surface area contributed by atoms with Crippen molar-refractivity contribution < 1.29 is 4.79 Å². The average molecular weight is 231 g/mol. The van der Waals surface area contributed by atoms with E-state index in [1.165, 1.54) is 10.9 Å². The molecule has 0 radical (unpaired) electrons. The molecule has 0 atom stereocenters. The van der Waals surface area contributed by atoms with E-state index in [0.29, 0.717) is 6.54 Å². The molecule has 0 aliphatic heterocycles. The van der Waals surface area contributed by atoms with E-state index in [0.717, 1.165) is 11.3 Å². The van der Waals surface area contributed by atoms with Gasteiger partial charge in [0, 0.05) is 18.4 Å². The first-order valence-corrected chi connectivity index (χ1v) is 5.21. The number of hydrogen-bond acceptors (Lipinski definition) is 4. The number of nitrogens with two attached hydrogens (primary N) is 1. The van der Waals surface area contributed by atoms with Crippen molar-refractivity contribution in [3.8, 4) is 0 Å². The van der Waals surface area contributed by atoms with E-state index < -0.39 is 0 Å². The fraction of sp³-hybridized carbons (Fsp3) is 0.182. The van der Waals surface area contributed by atoms with Crippen molar-refractivity contribution in [3.63, 3.8) is 0 Å². The van der Waals surface area contributed by atoms with E-state index in [-0.39, 0.29) is 12.5 Å². The Morgan fingerprint density at radius 3 is 2.94 bits per heavy atom. The second kappa shape index (κ2) is 5.22. The molecule has 0 saturated heterocycles. The van der Waals surface area contributed by atoms with Crippen LogP contribution < -0.4 is 11.1 Å². The van der Waals surface area contributed by atoms with E-state index >= 15 is 0 Å². The molecule has 0 spiro atoms. The number of carbonyl (C=O) groups is 1. The summed E-state index contributed by atoms with van der Waals surface area (Å²) in [5.41, 5.74) is 7.22. The number of anilines is 1. The number of rotatable bonds is 4. The minimum absolute atomic E-state index is 0.138. The van der Waals surface area contributed by atoms with Gasteiger partial charge in [0.15, 0.2) is 0 Å². The highest BCUT2D eigenvalue weighted by molar-refractivity contribution is 5.91. The van der Waals surface area contributed by atoms with Crippen molar-refractivity contribution in [2.75, 3.05) is 5.32 Å². The predicted molar refractivity (Wildman–Crippen MR) is 63.0 cm³/mol. The van der Waals surface area contributed by atoms with Gasteiger partial charge in [-0.15, -0.1) is 5.10 Å². The number of amides is 1. The highest BCUT2D eigenvalue weighted by atomic mass is 16.2. The maximum atomic E-state index is 11.7. The molecule has 1 aromatic carbocycles. The van der Waals surface area contributed by atoms with Crippen molar-refractivity contribution in [3.05, 3.63) is 42.2 Å². The van der Waals surface area contributed by atoms with Gasteiger partial charge >= 0.3 is 0 Å². The quantitative estimate of drug-likeness (QED) is 0.796. The standard InChI is InChI=1S/C11H13N5O/c12-7-9-3-1-2-4-10(9)14-11(17)8-16-6-5-13-15-16/h1-6H,7-8,12H2,(H,14,17). The predicted octanol–water partition coefficient (Wildman–Crippen LogP) is 0.375. The van der Waals surface area contributed by atoms with Gasteiger partial charge in [-0.2, -0.15) is 0 Å². The Bertz CT molecular complexity index is 494.